The highest BCUT2D eigenvalue weighted by atomic mass is 16.6. The summed E-state index contributed by atoms with van der Waals surface area (Å²) in [5, 5.41) is 13.6. The zero-order valence-electron chi connectivity index (χ0n) is 21.4. The van der Waals surface area contributed by atoms with Crippen LogP contribution in [0.15, 0.2) is 18.5 Å². The van der Waals surface area contributed by atoms with E-state index in [-0.39, 0.29) is 12.5 Å². The molecule has 0 saturated carbocycles. The molecule has 1 fully saturated rings. The number of carbonyl (C=O) groups excluding carboxylic acids is 1. The van der Waals surface area contributed by atoms with E-state index < -0.39 is 6.09 Å². The largest absolute Gasteiger partial charge is 0.465 e. The Morgan fingerprint density at radius 3 is 2.28 bits per heavy atom. The standard InChI is InChI=1S/C25H42N4O7/c1-29-9-3-5-23(29)22-18-21(19-26-20-22)4-2-7-27-24(30)6-10-33-12-14-35-16-17-36-15-13-34-11-8-28-25(31)32/h18-20,23,28H,2-17H2,1H3,(H,27,30)(H,31,32)/t23-/m0/s1. The number of likely N-dealkylation sites (tertiary alicyclic amines) is 1. The number of aryl methyl sites for hydroxylation is 1. The zero-order chi connectivity index (χ0) is 25.8. The number of hydrogen-bond acceptors (Lipinski definition) is 8. The molecule has 0 aliphatic carbocycles. The molecule has 1 aliphatic heterocycles. The fourth-order valence-electron chi connectivity index (χ4n) is 3.92. The average Bonchev–Trinajstić information content (AvgIpc) is 3.30. The van der Waals surface area contributed by atoms with Gasteiger partial charge in [0.15, 0.2) is 0 Å². The van der Waals surface area contributed by atoms with Gasteiger partial charge < -0.3 is 34.7 Å². The maximum atomic E-state index is 12.0. The Balaban J connectivity index is 1.35. The third-order valence-electron chi connectivity index (χ3n) is 5.80. The van der Waals surface area contributed by atoms with Crippen LogP contribution in [0.5, 0.6) is 0 Å². The maximum absolute atomic E-state index is 12.0. The van der Waals surface area contributed by atoms with Gasteiger partial charge in [0.25, 0.3) is 0 Å². The van der Waals surface area contributed by atoms with Crippen LogP contribution in [0, 0.1) is 0 Å². The van der Waals surface area contributed by atoms with Crippen molar-refractivity contribution in [1.29, 1.82) is 0 Å². The SMILES string of the molecule is CN1CCC[C@H]1c1cncc(CCCNC(=O)CCOCCOCCOCCOCCNC(=O)O)c1. The van der Waals surface area contributed by atoms with Crippen molar-refractivity contribution in [3.63, 3.8) is 0 Å². The van der Waals surface area contributed by atoms with Crippen LogP contribution in [0.4, 0.5) is 4.79 Å². The molecule has 1 aromatic rings. The molecule has 1 aliphatic rings. The fourth-order valence-corrected chi connectivity index (χ4v) is 3.92. The quantitative estimate of drug-likeness (QED) is 0.224. The second-order valence-electron chi connectivity index (χ2n) is 8.65. The number of rotatable bonds is 20. The highest BCUT2D eigenvalue weighted by molar-refractivity contribution is 5.75. The molecule has 0 radical (unpaired) electrons. The smallest absolute Gasteiger partial charge is 0.404 e. The molecular weight excluding hydrogens is 468 g/mol. The van der Waals surface area contributed by atoms with Crippen molar-refractivity contribution in [3.05, 3.63) is 29.6 Å². The fraction of sp³-hybridized carbons (Fsp3) is 0.720. The van der Waals surface area contributed by atoms with Gasteiger partial charge in [-0.3, -0.25) is 14.7 Å². The van der Waals surface area contributed by atoms with Gasteiger partial charge in [0.05, 0.1) is 52.9 Å². The molecule has 0 aromatic carbocycles. The Hall–Kier alpha value is -2.31. The predicted octanol–water partition coefficient (Wildman–Crippen LogP) is 1.62. The first-order valence-electron chi connectivity index (χ1n) is 12.7. The van der Waals surface area contributed by atoms with Gasteiger partial charge >= 0.3 is 6.09 Å². The van der Waals surface area contributed by atoms with Gasteiger partial charge in [0.1, 0.15) is 0 Å². The van der Waals surface area contributed by atoms with Crippen molar-refractivity contribution in [3.8, 4) is 0 Å². The van der Waals surface area contributed by atoms with Crippen molar-refractivity contribution >= 4 is 12.0 Å². The van der Waals surface area contributed by atoms with Crippen LogP contribution < -0.4 is 10.6 Å². The lowest BCUT2D eigenvalue weighted by Crippen LogP contribution is -2.26. The van der Waals surface area contributed by atoms with E-state index in [1.807, 2.05) is 12.4 Å². The Labute approximate surface area is 213 Å². The summed E-state index contributed by atoms with van der Waals surface area (Å²) in [5.74, 6) is -0.00950. The van der Waals surface area contributed by atoms with Crippen LogP contribution in [0.1, 0.15) is 42.9 Å². The summed E-state index contributed by atoms with van der Waals surface area (Å²) < 4.78 is 21.4. The lowest BCUT2D eigenvalue weighted by molar-refractivity contribution is -0.122. The van der Waals surface area contributed by atoms with E-state index in [0.717, 1.165) is 19.4 Å². The molecule has 1 aromatic heterocycles. The third-order valence-corrected chi connectivity index (χ3v) is 5.80. The van der Waals surface area contributed by atoms with Crippen LogP contribution in [-0.4, -0.2) is 107 Å². The highest BCUT2D eigenvalue weighted by Crippen LogP contribution is 2.30. The van der Waals surface area contributed by atoms with Gasteiger partial charge in [-0.05, 0) is 50.4 Å². The van der Waals surface area contributed by atoms with E-state index >= 15 is 0 Å². The third kappa shape index (κ3) is 13.7. The molecule has 1 atom stereocenters. The van der Waals surface area contributed by atoms with Crippen molar-refractivity contribution in [2.75, 3.05) is 79.5 Å². The van der Waals surface area contributed by atoms with Crippen LogP contribution >= 0.6 is 0 Å². The number of nitrogens with one attached hydrogen (secondary N) is 2. The maximum Gasteiger partial charge on any atom is 0.404 e. The highest BCUT2D eigenvalue weighted by Gasteiger charge is 2.22. The van der Waals surface area contributed by atoms with Gasteiger partial charge in [-0.25, -0.2) is 4.79 Å². The van der Waals surface area contributed by atoms with Gasteiger partial charge in [-0.15, -0.1) is 0 Å². The Kier molecular flexibility index (Phi) is 15.7. The molecular formula is C25H42N4O7. The summed E-state index contributed by atoms with van der Waals surface area (Å²) in [4.78, 5) is 29.0. The topological polar surface area (TPSA) is 131 Å². The van der Waals surface area contributed by atoms with E-state index in [4.69, 9.17) is 24.1 Å². The summed E-state index contributed by atoms with van der Waals surface area (Å²) in [5.41, 5.74) is 2.51. The Morgan fingerprint density at radius 2 is 1.64 bits per heavy atom. The molecule has 204 valence electrons. The molecule has 1 saturated heterocycles. The zero-order valence-corrected chi connectivity index (χ0v) is 21.4. The average molecular weight is 511 g/mol. The van der Waals surface area contributed by atoms with E-state index in [1.165, 1.54) is 24.0 Å². The molecule has 2 amide bonds. The molecule has 2 rings (SSSR count). The number of pyridine rings is 1. The molecule has 0 spiro atoms. The van der Waals surface area contributed by atoms with Gasteiger partial charge in [0.2, 0.25) is 5.91 Å². The van der Waals surface area contributed by atoms with Gasteiger partial charge in [0, 0.05) is 37.9 Å². The number of carboxylic acid groups (broad SMARTS) is 1. The first-order chi connectivity index (χ1) is 17.6. The second-order valence-corrected chi connectivity index (χ2v) is 8.65. The van der Waals surface area contributed by atoms with E-state index in [9.17, 15) is 9.59 Å². The number of hydrogen-bond donors (Lipinski definition) is 3. The lowest BCUT2D eigenvalue weighted by Gasteiger charge is -2.19. The van der Waals surface area contributed by atoms with Crippen LogP contribution in [-0.2, 0) is 30.2 Å². The van der Waals surface area contributed by atoms with E-state index in [2.05, 4.69) is 33.6 Å². The second kappa shape index (κ2) is 18.9. The molecule has 36 heavy (non-hydrogen) atoms. The molecule has 11 nitrogen and oxygen atoms in total. The van der Waals surface area contributed by atoms with Gasteiger partial charge in [-0.2, -0.15) is 0 Å². The van der Waals surface area contributed by atoms with E-state index in [0.29, 0.717) is 71.9 Å². The Bertz CT molecular complexity index is 753. The first-order valence-corrected chi connectivity index (χ1v) is 12.7. The molecule has 2 heterocycles. The van der Waals surface area contributed by atoms with Crippen molar-refractivity contribution in [1.82, 2.24) is 20.5 Å². The minimum Gasteiger partial charge on any atom is -0.465 e. The monoisotopic (exact) mass is 510 g/mol. The minimum absolute atomic E-state index is 0.00950. The molecule has 11 heteroatoms. The van der Waals surface area contributed by atoms with Crippen LogP contribution in [0.3, 0.4) is 0 Å². The van der Waals surface area contributed by atoms with Crippen LogP contribution in [0.2, 0.25) is 0 Å². The number of ether oxygens (including phenoxy) is 4. The number of carbonyl (C=O) groups is 2. The number of amides is 2. The van der Waals surface area contributed by atoms with E-state index in [1.54, 1.807) is 0 Å². The summed E-state index contributed by atoms with van der Waals surface area (Å²) in [6.45, 7) is 5.27. The van der Waals surface area contributed by atoms with Crippen molar-refractivity contribution in [2.45, 2.75) is 38.1 Å². The number of nitrogens with zero attached hydrogens (tertiary/aromatic N) is 2. The summed E-state index contributed by atoms with van der Waals surface area (Å²) >= 11 is 0. The Morgan fingerprint density at radius 1 is 0.972 bits per heavy atom. The predicted molar refractivity (Wildman–Crippen MR) is 134 cm³/mol. The normalized spacial score (nSPS) is 15.8. The molecule has 0 unspecified atom stereocenters. The lowest BCUT2D eigenvalue weighted by atomic mass is 10.0. The minimum atomic E-state index is -1.06. The van der Waals surface area contributed by atoms with Crippen LogP contribution in [0.25, 0.3) is 0 Å². The molecule has 0 bridgehead atoms. The summed E-state index contributed by atoms with van der Waals surface area (Å²) in [6.07, 6.45) is 7.36. The number of aromatic nitrogens is 1. The summed E-state index contributed by atoms with van der Waals surface area (Å²) in [6, 6.07) is 2.73. The van der Waals surface area contributed by atoms with Gasteiger partial charge in [-0.1, -0.05) is 6.07 Å². The first kappa shape index (κ1) is 29.9. The van der Waals surface area contributed by atoms with Crippen molar-refractivity contribution in [2.24, 2.45) is 0 Å². The van der Waals surface area contributed by atoms with Crippen molar-refractivity contribution < 1.29 is 33.6 Å². The molecule has 3 N–H and O–H groups in total. The summed E-state index contributed by atoms with van der Waals surface area (Å²) in [7, 11) is 2.17.